The van der Waals surface area contributed by atoms with Crippen LogP contribution in [0.2, 0.25) is 5.28 Å². The number of morpholine rings is 2. The second-order valence-electron chi connectivity index (χ2n) is 23.1. The van der Waals surface area contributed by atoms with Crippen LogP contribution in [0.3, 0.4) is 0 Å². The molecule has 10 aromatic rings. The number of furan rings is 2. The van der Waals surface area contributed by atoms with Crippen molar-refractivity contribution in [2.45, 2.75) is 65.8 Å². The van der Waals surface area contributed by atoms with Gasteiger partial charge in [0, 0.05) is 157 Å². The zero-order valence-corrected chi connectivity index (χ0v) is 50.6. The lowest BCUT2D eigenvalue weighted by molar-refractivity contribution is 0.00578. The Hall–Kier alpha value is -6.41. The maximum absolute atomic E-state index is 11.8. The molecule has 5 aliphatic heterocycles. The van der Waals surface area contributed by atoms with Crippen molar-refractivity contribution in [2.24, 2.45) is 0 Å². The van der Waals surface area contributed by atoms with Gasteiger partial charge in [0.1, 0.15) is 11.0 Å². The van der Waals surface area contributed by atoms with Crippen molar-refractivity contribution in [1.29, 1.82) is 0 Å². The third-order valence-electron chi connectivity index (χ3n) is 17.0. The number of rotatable bonds is 8. The van der Waals surface area contributed by atoms with E-state index in [0.717, 1.165) is 155 Å². The van der Waals surface area contributed by atoms with E-state index in [2.05, 4.69) is 140 Å². The minimum Gasteiger partial charge on any atom is -0.432 e. The quantitative estimate of drug-likeness (QED) is 0.108. The number of hydrogen-bond acceptors (Lipinski definition) is 18. The first-order valence-corrected chi connectivity index (χ1v) is 32.1. The summed E-state index contributed by atoms with van der Waals surface area (Å²) in [6, 6.07) is 16.8. The van der Waals surface area contributed by atoms with E-state index in [0.29, 0.717) is 66.2 Å². The van der Waals surface area contributed by atoms with Crippen molar-refractivity contribution in [3.63, 3.8) is 0 Å². The van der Waals surface area contributed by atoms with Crippen molar-refractivity contribution in [3.8, 4) is 11.4 Å². The number of aromatic nitrogens is 8. The number of pyridine rings is 2. The van der Waals surface area contributed by atoms with Gasteiger partial charge < -0.3 is 47.4 Å². The molecule has 0 atom stereocenters. The SMILES string of the molecule is Cc1ccc2[nH]ccc2c1-c1nc(N2CCOCC2)c2oc3ncc(CN4CCS(=O)CC4)cc3c2n1.Cc1ccc2[nH]ccc2c1B1OC(C)(C)C(C)(C)O1.O=S1CCN(Cc2cnc3oc4c(N5CCOCC5)nc(Cl)nc4c3c2)CC1. The number of nitrogens with one attached hydrogen (secondary N) is 2. The van der Waals surface area contributed by atoms with Gasteiger partial charge in [-0.1, -0.05) is 17.7 Å². The molecule has 84 heavy (non-hydrogen) atoms. The molecule has 0 amide bonds. The molecule has 5 fully saturated rings. The van der Waals surface area contributed by atoms with E-state index in [1.807, 2.05) is 24.8 Å². The molecule has 15 rings (SSSR count). The molecular formula is C60H68BClN12O8S2. The maximum Gasteiger partial charge on any atom is 0.495 e. The number of aryl methyl sites for hydroxylation is 2. The molecule has 2 N–H and O–H groups in total. The summed E-state index contributed by atoms with van der Waals surface area (Å²) in [6.45, 7) is 23.0. The Kier molecular flexibility index (Phi) is 15.8. The van der Waals surface area contributed by atoms with E-state index in [4.69, 9.17) is 49.2 Å². The van der Waals surface area contributed by atoms with Crippen molar-refractivity contribution in [1.82, 2.24) is 49.7 Å². The molecule has 0 aliphatic carbocycles. The Balaban J connectivity index is 0.000000124. The standard InChI is InChI=1S/C27H28N6O3S.C18H20ClN5O3S.C15H20BNO2/c1-17-2-3-21-19(4-5-28-21)22(17)25-30-23-20-14-18(16-32-8-12-37(34)13-9-32)15-29-27(20)36-24(23)26(31-25)33-6-10-35-11-7-33;19-18-21-14-13-9-12(11-23-3-7-28(25)8-4-23)10-20-17(13)27-15(14)16(22-18)24-1-5-26-6-2-24;1-10-6-7-12-11(8-9-17-12)13(10)16-18-14(2,3)15(4,5)19-16/h2-5,14-15,28H,6-13,16H2,1H3;9-10H,1-8,11H2;6-9,17H,1-5H3. The highest BCUT2D eigenvalue weighted by Crippen LogP contribution is 2.40. The first-order chi connectivity index (χ1) is 40.6. The fraction of sp³-hybridized carbons (Fsp3) is 0.433. The third kappa shape index (κ3) is 11.3. The fourth-order valence-electron chi connectivity index (χ4n) is 11.6. The molecule has 438 valence electrons. The van der Waals surface area contributed by atoms with Gasteiger partial charge >= 0.3 is 7.12 Å². The third-order valence-corrected chi connectivity index (χ3v) is 19.7. The predicted molar refractivity (Wildman–Crippen MR) is 332 cm³/mol. The van der Waals surface area contributed by atoms with Gasteiger partial charge in [-0.05, 0) is 117 Å². The summed E-state index contributed by atoms with van der Waals surface area (Å²) < 4.78 is 59.1. The molecule has 0 unspecified atom stereocenters. The van der Waals surface area contributed by atoms with Crippen LogP contribution in [0.15, 0.2) is 82.2 Å². The van der Waals surface area contributed by atoms with E-state index >= 15 is 0 Å². The average molecular weight is 1200 g/mol. The summed E-state index contributed by atoms with van der Waals surface area (Å²) >= 11 is 6.23. The van der Waals surface area contributed by atoms with Crippen LogP contribution in [-0.2, 0) is 53.5 Å². The molecule has 0 saturated carbocycles. The van der Waals surface area contributed by atoms with E-state index in [1.165, 1.54) is 10.9 Å². The highest BCUT2D eigenvalue weighted by Gasteiger charge is 2.52. The van der Waals surface area contributed by atoms with E-state index in [1.54, 1.807) is 0 Å². The molecule has 0 radical (unpaired) electrons. The number of fused-ring (bicyclic) bond motifs is 8. The Morgan fingerprint density at radius 2 is 1.06 bits per heavy atom. The zero-order chi connectivity index (χ0) is 57.9. The van der Waals surface area contributed by atoms with E-state index in [-0.39, 0.29) is 23.6 Å². The van der Waals surface area contributed by atoms with Crippen molar-refractivity contribution < 1.29 is 36.0 Å². The van der Waals surface area contributed by atoms with Crippen LogP contribution in [0.1, 0.15) is 49.9 Å². The lowest BCUT2D eigenvalue weighted by atomic mass is 9.74. The van der Waals surface area contributed by atoms with Gasteiger partial charge in [-0.15, -0.1) is 0 Å². The van der Waals surface area contributed by atoms with Gasteiger partial charge in [0.15, 0.2) is 28.6 Å². The van der Waals surface area contributed by atoms with Crippen LogP contribution in [0, 0.1) is 13.8 Å². The second kappa shape index (κ2) is 23.5. The van der Waals surface area contributed by atoms with Crippen LogP contribution >= 0.6 is 11.6 Å². The van der Waals surface area contributed by atoms with Crippen LogP contribution in [0.5, 0.6) is 0 Å². The zero-order valence-electron chi connectivity index (χ0n) is 48.2. The number of nitrogens with zero attached hydrogens (tertiary/aromatic N) is 10. The van der Waals surface area contributed by atoms with Crippen molar-refractivity contribution in [2.75, 3.05) is 112 Å². The normalized spacial score (nSPS) is 19.2. The van der Waals surface area contributed by atoms with Crippen LogP contribution < -0.4 is 15.3 Å². The van der Waals surface area contributed by atoms with Crippen LogP contribution in [0.25, 0.3) is 77.6 Å². The smallest absolute Gasteiger partial charge is 0.432 e. The summed E-state index contributed by atoms with van der Waals surface area (Å²) in [6.07, 6.45) is 7.62. The van der Waals surface area contributed by atoms with Crippen molar-refractivity contribution in [3.05, 3.63) is 101 Å². The Labute approximate surface area is 496 Å². The van der Waals surface area contributed by atoms with Crippen LogP contribution in [0.4, 0.5) is 11.6 Å². The molecule has 8 aromatic heterocycles. The molecule has 24 heteroatoms. The lowest BCUT2D eigenvalue weighted by Gasteiger charge is -2.32. The highest BCUT2D eigenvalue weighted by atomic mass is 35.5. The summed E-state index contributed by atoms with van der Waals surface area (Å²) in [7, 11) is -1.67. The molecule has 13 heterocycles. The Bertz CT molecular complexity index is 4100. The first kappa shape index (κ1) is 56.7. The molecule has 5 saturated heterocycles. The Morgan fingerprint density at radius 1 is 0.583 bits per heavy atom. The van der Waals surface area contributed by atoms with E-state index < -0.39 is 21.6 Å². The topological polar surface area (TPSA) is 219 Å². The number of benzene rings is 2. The van der Waals surface area contributed by atoms with Gasteiger partial charge in [0.25, 0.3) is 0 Å². The van der Waals surface area contributed by atoms with Gasteiger partial charge in [0.05, 0.1) is 48.4 Å². The van der Waals surface area contributed by atoms with Gasteiger partial charge in [0.2, 0.25) is 16.7 Å². The molecule has 0 bridgehead atoms. The van der Waals surface area contributed by atoms with Gasteiger partial charge in [-0.3, -0.25) is 18.2 Å². The predicted octanol–water partition coefficient (Wildman–Crippen LogP) is 8.23. The summed E-state index contributed by atoms with van der Waals surface area (Å²) in [5, 5.41) is 4.21. The number of aromatic amines is 2. The number of H-pyrrole nitrogens is 2. The summed E-state index contributed by atoms with van der Waals surface area (Å²) in [5.74, 6) is 5.08. The summed E-state index contributed by atoms with van der Waals surface area (Å²) in [4.78, 5) is 43.7. The molecule has 20 nitrogen and oxygen atoms in total. The summed E-state index contributed by atoms with van der Waals surface area (Å²) in [5.41, 5.74) is 12.1. The molecule has 0 spiro atoms. The fourth-order valence-corrected chi connectivity index (χ4v) is 14.0. The van der Waals surface area contributed by atoms with Gasteiger partial charge in [-0.2, -0.15) is 4.98 Å². The maximum atomic E-state index is 11.8. The minimum atomic E-state index is -0.694. The first-order valence-electron chi connectivity index (χ1n) is 28.8. The number of ether oxygens (including phenoxy) is 2. The Morgan fingerprint density at radius 3 is 1.60 bits per heavy atom. The lowest BCUT2D eigenvalue weighted by Crippen LogP contribution is -2.41. The van der Waals surface area contributed by atoms with Crippen molar-refractivity contribution >= 4 is 124 Å². The van der Waals surface area contributed by atoms with Crippen LogP contribution in [-0.4, -0.2) is 178 Å². The van der Waals surface area contributed by atoms with E-state index in [9.17, 15) is 8.42 Å². The average Bonchev–Trinajstić information content (AvgIpc) is 2.60. The largest absolute Gasteiger partial charge is 0.495 e. The molecule has 5 aliphatic rings. The highest BCUT2D eigenvalue weighted by molar-refractivity contribution is 7.85. The number of anilines is 2. The molecule has 2 aromatic carbocycles. The molecular weight excluding hydrogens is 1130 g/mol. The monoisotopic (exact) mass is 1190 g/mol. The second-order valence-corrected chi connectivity index (χ2v) is 26.8. The minimum absolute atomic E-state index is 0.195. The number of hydrogen-bond donors (Lipinski definition) is 2. The van der Waals surface area contributed by atoms with Gasteiger partial charge in [-0.25, -0.2) is 24.9 Å². The number of halogens is 1.